The summed E-state index contributed by atoms with van der Waals surface area (Å²) in [6.45, 7) is 8.69. The van der Waals surface area contributed by atoms with Gasteiger partial charge < -0.3 is 10.2 Å². The van der Waals surface area contributed by atoms with Crippen LogP contribution in [0.5, 0.6) is 11.5 Å². The molecule has 0 saturated carbocycles. The van der Waals surface area contributed by atoms with E-state index in [1.807, 2.05) is 48.5 Å². The van der Waals surface area contributed by atoms with Gasteiger partial charge in [-0.3, -0.25) is 9.98 Å². The molecule has 0 aliphatic rings. The lowest BCUT2D eigenvalue weighted by atomic mass is 10.0. The van der Waals surface area contributed by atoms with Crippen LogP contribution in [0, 0.1) is 11.8 Å². The Hall–Kier alpha value is -3.40. The van der Waals surface area contributed by atoms with E-state index in [1.54, 1.807) is 24.6 Å². The Kier molecular flexibility index (Phi) is 7.82. The molecular weight excluding hydrogens is 396 g/mol. The third kappa shape index (κ3) is 6.55. The van der Waals surface area contributed by atoms with Crippen molar-refractivity contribution in [2.24, 2.45) is 21.8 Å². The number of nitrogens with zero attached hydrogens (tertiary/aromatic N) is 2. The maximum atomic E-state index is 10.2. The van der Waals surface area contributed by atoms with Crippen molar-refractivity contribution in [3.63, 3.8) is 0 Å². The molecule has 166 valence electrons. The van der Waals surface area contributed by atoms with Crippen LogP contribution < -0.4 is 0 Å². The lowest BCUT2D eigenvalue weighted by Gasteiger charge is -2.08. The van der Waals surface area contributed by atoms with E-state index in [9.17, 15) is 10.2 Å². The average molecular weight is 429 g/mol. The molecule has 4 nitrogen and oxygen atoms in total. The third-order valence-corrected chi connectivity index (χ3v) is 5.04. The van der Waals surface area contributed by atoms with E-state index in [4.69, 9.17) is 0 Å². The highest BCUT2D eigenvalue weighted by molar-refractivity contribution is 5.89. The summed E-state index contributed by atoms with van der Waals surface area (Å²) in [6.07, 6.45) is 5.24. The Balaban J connectivity index is 1.86. The van der Waals surface area contributed by atoms with Crippen LogP contribution in [-0.2, 0) is 12.8 Å². The SMILES string of the molecule is CC(C)Cc1ccc(O)c(C=Nc2ccccc2N=Cc2cc(CC(C)C)ccc2O)c1. The van der Waals surface area contributed by atoms with Gasteiger partial charge in [0.2, 0.25) is 0 Å². The second-order valence-electron chi connectivity index (χ2n) is 8.99. The van der Waals surface area contributed by atoms with Gasteiger partial charge in [-0.1, -0.05) is 52.0 Å². The minimum atomic E-state index is 0.203. The maximum Gasteiger partial charge on any atom is 0.124 e. The van der Waals surface area contributed by atoms with Crippen molar-refractivity contribution in [3.05, 3.63) is 82.9 Å². The standard InChI is InChI=1S/C28H32N2O2/c1-19(2)13-21-9-11-27(31)23(15-21)17-29-25-7-5-6-8-26(25)30-18-24-16-22(14-20(3)4)10-12-28(24)32/h5-12,15-20,31-32H,13-14H2,1-4H3. The second-order valence-corrected chi connectivity index (χ2v) is 8.99. The summed E-state index contributed by atoms with van der Waals surface area (Å²) in [5.41, 5.74) is 5.08. The highest BCUT2D eigenvalue weighted by atomic mass is 16.3. The van der Waals surface area contributed by atoms with E-state index in [2.05, 4.69) is 37.7 Å². The molecule has 0 heterocycles. The molecular formula is C28H32N2O2. The first-order valence-electron chi connectivity index (χ1n) is 11.1. The average Bonchev–Trinajstić information content (AvgIpc) is 2.74. The van der Waals surface area contributed by atoms with E-state index in [0.29, 0.717) is 34.3 Å². The molecule has 0 unspecified atom stereocenters. The number of rotatable bonds is 8. The monoisotopic (exact) mass is 428 g/mol. The van der Waals surface area contributed by atoms with Crippen LogP contribution in [0.3, 0.4) is 0 Å². The van der Waals surface area contributed by atoms with Gasteiger partial charge in [-0.25, -0.2) is 0 Å². The Morgan fingerprint density at radius 3 is 1.44 bits per heavy atom. The van der Waals surface area contributed by atoms with Gasteiger partial charge in [0, 0.05) is 23.6 Å². The molecule has 0 bridgehead atoms. The van der Waals surface area contributed by atoms with Crippen molar-refractivity contribution >= 4 is 23.8 Å². The predicted octanol–water partition coefficient (Wildman–Crippen LogP) is 7.00. The normalized spacial score (nSPS) is 11.9. The highest BCUT2D eigenvalue weighted by Gasteiger charge is 2.06. The Morgan fingerprint density at radius 2 is 1.06 bits per heavy atom. The molecule has 3 rings (SSSR count). The molecule has 32 heavy (non-hydrogen) atoms. The summed E-state index contributed by atoms with van der Waals surface area (Å²) in [6, 6.07) is 18.9. The van der Waals surface area contributed by atoms with E-state index >= 15 is 0 Å². The summed E-state index contributed by atoms with van der Waals surface area (Å²) in [5.74, 6) is 1.48. The number of phenols is 2. The minimum absolute atomic E-state index is 0.203. The molecule has 0 radical (unpaired) electrons. The quantitative estimate of drug-likeness (QED) is 0.380. The molecule has 2 N–H and O–H groups in total. The first-order chi connectivity index (χ1) is 15.3. The fraction of sp³-hybridized carbons (Fsp3) is 0.286. The molecule has 3 aromatic rings. The Labute approximate surface area is 191 Å². The largest absolute Gasteiger partial charge is 0.507 e. The fourth-order valence-electron chi connectivity index (χ4n) is 3.57. The highest BCUT2D eigenvalue weighted by Crippen LogP contribution is 2.29. The van der Waals surface area contributed by atoms with Crippen LogP contribution in [-0.4, -0.2) is 22.6 Å². The fourth-order valence-corrected chi connectivity index (χ4v) is 3.57. The third-order valence-electron chi connectivity index (χ3n) is 5.04. The van der Waals surface area contributed by atoms with Crippen LogP contribution in [0.2, 0.25) is 0 Å². The first kappa shape index (κ1) is 23.3. The summed E-state index contributed by atoms with van der Waals surface area (Å²) < 4.78 is 0. The first-order valence-corrected chi connectivity index (χ1v) is 11.1. The maximum absolute atomic E-state index is 10.2. The predicted molar refractivity (Wildman–Crippen MR) is 134 cm³/mol. The molecule has 0 saturated heterocycles. The van der Waals surface area contributed by atoms with Crippen molar-refractivity contribution in [2.45, 2.75) is 40.5 Å². The zero-order valence-electron chi connectivity index (χ0n) is 19.3. The zero-order chi connectivity index (χ0) is 23.1. The molecule has 0 fully saturated rings. The second kappa shape index (κ2) is 10.8. The molecule has 0 atom stereocenters. The van der Waals surface area contributed by atoms with Gasteiger partial charge in [-0.15, -0.1) is 0 Å². The van der Waals surface area contributed by atoms with Crippen LogP contribution >= 0.6 is 0 Å². The Bertz CT molecular complexity index is 1030. The van der Waals surface area contributed by atoms with Crippen LogP contribution in [0.4, 0.5) is 11.4 Å². The van der Waals surface area contributed by atoms with Gasteiger partial charge in [0.15, 0.2) is 0 Å². The van der Waals surface area contributed by atoms with Crippen LogP contribution in [0.15, 0.2) is 70.6 Å². The van der Waals surface area contributed by atoms with Gasteiger partial charge in [-0.2, -0.15) is 0 Å². The molecule has 4 heteroatoms. The molecule has 0 amide bonds. The van der Waals surface area contributed by atoms with E-state index < -0.39 is 0 Å². The van der Waals surface area contributed by atoms with Gasteiger partial charge >= 0.3 is 0 Å². The molecule has 0 spiro atoms. The van der Waals surface area contributed by atoms with Gasteiger partial charge in [0.25, 0.3) is 0 Å². The smallest absolute Gasteiger partial charge is 0.124 e. The number of hydrogen-bond donors (Lipinski definition) is 2. The number of aliphatic imine (C=N–C) groups is 2. The molecule has 3 aromatic carbocycles. The van der Waals surface area contributed by atoms with Gasteiger partial charge in [-0.05, 0) is 72.2 Å². The van der Waals surface area contributed by atoms with Crippen molar-refractivity contribution in [1.29, 1.82) is 0 Å². The van der Waals surface area contributed by atoms with Crippen LogP contribution in [0.1, 0.15) is 49.9 Å². The lowest BCUT2D eigenvalue weighted by Crippen LogP contribution is -1.95. The van der Waals surface area contributed by atoms with Crippen LogP contribution in [0.25, 0.3) is 0 Å². The van der Waals surface area contributed by atoms with Crippen molar-refractivity contribution in [3.8, 4) is 11.5 Å². The molecule has 0 aliphatic carbocycles. The van der Waals surface area contributed by atoms with E-state index in [0.717, 1.165) is 12.8 Å². The number of phenolic OH excluding ortho intramolecular Hbond substituents is 2. The number of aromatic hydroxyl groups is 2. The van der Waals surface area contributed by atoms with Crippen molar-refractivity contribution in [1.82, 2.24) is 0 Å². The molecule has 0 aliphatic heterocycles. The number of para-hydroxylation sites is 2. The minimum Gasteiger partial charge on any atom is -0.507 e. The number of hydrogen-bond acceptors (Lipinski definition) is 4. The van der Waals surface area contributed by atoms with E-state index in [1.165, 1.54) is 11.1 Å². The Morgan fingerprint density at radius 1 is 0.656 bits per heavy atom. The summed E-state index contributed by atoms with van der Waals surface area (Å²) in [7, 11) is 0. The number of benzene rings is 3. The topological polar surface area (TPSA) is 65.2 Å². The summed E-state index contributed by atoms with van der Waals surface area (Å²) in [5, 5.41) is 20.5. The van der Waals surface area contributed by atoms with Gasteiger partial charge in [0.1, 0.15) is 11.5 Å². The van der Waals surface area contributed by atoms with Crippen molar-refractivity contribution in [2.75, 3.05) is 0 Å². The van der Waals surface area contributed by atoms with E-state index in [-0.39, 0.29) is 11.5 Å². The summed E-state index contributed by atoms with van der Waals surface area (Å²) >= 11 is 0. The molecule has 0 aromatic heterocycles. The zero-order valence-corrected chi connectivity index (χ0v) is 19.3. The van der Waals surface area contributed by atoms with Gasteiger partial charge in [0.05, 0.1) is 11.4 Å². The lowest BCUT2D eigenvalue weighted by molar-refractivity contribution is 0.473. The summed E-state index contributed by atoms with van der Waals surface area (Å²) in [4.78, 5) is 9.18. The van der Waals surface area contributed by atoms with Crippen molar-refractivity contribution < 1.29 is 10.2 Å².